The fraction of sp³-hybridized carbons (Fsp3) is 0.444. The summed E-state index contributed by atoms with van der Waals surface area (Å²) in [6.07, 6.45) is 0. The Kier molecular flexibility index (Phi) is 3.41. The van der Waals surface area contributed by atoms with Crippen molar-refractivity contribution in [1.29, 1.82) is 0 Å². The molecule has 6 heteroatoms. The van der Waals surface area contributed by atoms with Crippen molar-refractivity contribution >= 4 is 21.5 Å². The van der Waals surface area contributed by atoms with E-state index in [0.717, 1.165) is 9.13 Å². The number of nitrogens with zero attached hydrogens (tertiary/aromatic N) is 2. The molecule has 0 fully saturated rings. The van der Waals surface area contributed by atoms with Crippen LogP contribution < -0.4 is 22.2 Å². The minimum Gasteiger partial charge on any atom is -0.277 e. The highest BCUT2D eigenvalue weighted by Crippen LogP contribution is 2.34. The molecule has 0 radical (unpaired) electrons. The molecule has 0 unspecified atom stereocenters. The molecule has 2 aromatic heterocycles. The van der Waals surface area contributed by atoms with Gasteiger partial charge >= 0.3 is 0 Å². The van der Waals surface area contributed by atoms with Gasteiger partial charge in [-0.1, -0.05) is 27.7 Å². The molecule has 0 aliphatic heterocycles. The molecule has 6 nitrogen and oxygen atoms in total. The summed E-state index contributed by atoms with van der Waals surface area (Å²) in [6.45, 7) is 7.43. The highest BCUT2D eigenvalue weighted by atomic mass is 16.2. The third-order valence-electron chi connectivity index (χ3n) is 4.81. The summed E-state index contributed by atoms with van der Waals surface area (Å²) in [6, 6.07) is 0. The second-order valence-corrected chi connectivity index (χ2v) is 6.98. The van der Waals surface area contributed by atoms with Crippen LogP contribution in [0.3, 0.4) is 0 Å². The summed E-state index contributed by atoms with van der Waals surface area (Å²) < 4.78 is 2.13. The lowest BCUT2D eigenvalue weighted by atomic mass is 9.87. The highest BCUT2D eigenvalue weighted by molar-refractivity contribution is 6.06. The molecule has 0 saturated carbocycles. The van der Waals surface area contributed by atoms with E-state index in [9.17, 15) is 19.2 Å². The lowest BCUT2D eigenvalue weighted by Gasteiger charge is -2.14. The molecular formula is C18H20N2O4. The normalized spacial score (nSPS) is 12.3. The van der Waals surface area contributed by atoms with Crippen molar-refractivity contribution in [2.45, 2.75) is 39.5 Å². The Morgan fingerprint density at radius 2 is 0.750 bits per heavy atom. The summed E-state index contributed by atoms with van der Waals surface area (Å²) in [5, 5.41) is 1.15. The van der Waals surface area contributed by atoms with Crippen LogP contribution in [0.15, 0.2) is 19.2 Å². The maximum absolute atomic E-state index is 12.7. The van der Waals surface area contributed by atoms with Crippen molar-refractivity contribution in [2.75, 3.05) is 0 Å². The average Bonchev–Trinajstić information content (AvgIpc) is 2.87. The smallest absolute Gasteiger partial charge is 0.261 e. The molecule has 3 rings (SSSR count). The van der Waals surface area contributed by atoms with Crippen LogP contribution in [0.25, 0.3) is 21.5 Å². The first-order valence-corrected chi connectivity index (χ1v) is 7.99. The van der Waals surface area contributed by atoms with Gasteiger partial charge in [0.05, 0.1) is 21.5 Å². The fourth-order valence-electron chi connectivity index (χ4n) is 3.69. The molecule has 3 aromatic rings. The van der Waals surface area contributed by atoms with Crippen molar-refractivity contribution in [1.82, 2.24) is 9.13 Å². The monoisotopic (exact) mass is 328 g/mol. The van der Waals surface area contributed by atoms with Crippen LogP contribution in [0.2, 0.25) is 0 Å². The zero-order valence-electron chi connectivity index (χ0n) is 14.7. The predicted octanol–water partition coefficient (Wildman–Crippen LogP) is 1.23. The highest BCUT2D eigenvalue weighted by Gasteiger charge is 2.29. The quantitative estimate of drug-likeness (QED) is 0.709. The molecule has 0 atom stereocenters. The van der Waals surface area contributed by atoms with Gasteiger partial charge in [-0.25, -0.2) is 0 Å². The first-order valence-electron chi connectivity index (χ1n) is 7.99. The summed E-state index contributed by atoms with van der Waals surface area (Å²) >= 11 is 0. The van der Waals surface area contributed by atoms with E-state index in [1.54, 1.807) is 0 Å². The Bertz CT molecular complexity index is 1020. The largest absolute Gasteiger partial charge is 0.277 e. The van der Waals surface area contributed by atoms with Crippen LogP contribution in [0.4, 0.5) is 0 Å². The number of fused-ring (bicyclic) bond motifs is 2. The van der Waals surface area contributed by atoms with Gasteiger partial charge in [-0.15, -0.1) is 0 Å². The van der Waals surface area contributed by atoms with E-state index in [-0.39, 0.29) is 33.4 Å². The lowest BCUT2D eigenvalue weighted by molar-refractivity contribution is 0.840. The van der Waals surface area contributed by atoms with Crippen molar-refractivity contribution in [3.8, 4) is 0 Å². The van der Waals surface area contributed by atoms with Gasteiger partial charge in [0.1, 0.15) is 0 Å². The molecule has 0 N–H and O–H groups in total. The molecule has 126 valence electrons. The zero-order chi connectivity index (χ0) is 18.1. The molecule has 2 heterocycles. The van der Waals surface area contributed by atoms with Crippen LogP contribution in [-0.4, -0.2) is 9.13 Å². The summed E-state index contributed by atoms with van der Waals surface area (Å²) in [5.74, 6) is -0.333. The molecule has 0 saturated heterocycles. The maximum atomic E-state index is 12.7. The first kappa shape index (κ1) is 16.4. The van der Waals surface area contributed by atoms with Crippen molar-refractivity contribution in [2.24, 2.45) is 14.1 Å². The van der Waals surface area contributed by atoms with Crippen LogP contribution in [0.1, 0.15) is 50.7 Å². The van der Waals surface area contributed by atoms with Crippen LogP contribution in [0.5, 0.6) is 0 Å². The van der Waals surface area contributed by atoms with E-state index < -0.39 is 22.2 Å². The Morgan fingerprint density at radius 3 is 0.917 bits per heavy atom. The van der Waals surface area contributed by atoms with E-state index in [1.165, 1.54) is 14.1 Å². The van der Waals surface area contributed by atoms with Crippen molar-refractivity contribution in [3.63, 3.8) is 0 Å². The third kappa shape index (κ3) is 1.76. The number of aromatic nitrogens is 2. The van der Waals surface area contributed by atoms with E-state index in [4.69, 9.17) is 0 Å². The molecule has 24 heavy (non-hydrogen) atoms. The number of hydrogen-bond donors (Lipinski definition) is 0. The molecule has 0 spiro atoms. The summed E-state index contributed by atoms with van der Waals surface area (Å²) in [4.78, 5) is 50.7. The number of benzene rings is 1. The van der Waals surface area contributed by atoms with Gasteiger partial charge in [-0.3, -0.25) is 28.3 Å². The maximum Gasteiger partial charge on any atom is 0.261 e. The van der Waals surface area contributed by atoms with Crippen LogP contribution in [-0.2, 0) is 14.1 Å². The van der Waals surface area contributed by atoms with E-state index in [1.807, 2.05) is 27.7 Å². The first-order chi connectivity index (χ1) is 11.1. The Hall–Kier alpha value is -2.50. The Balaban J connectivity index is 2.94. The van der Waals surface area contributed by atoms with E-state index in [0.29, 0.717) is 11.1 Å². The Labute approximate surface area is 137 Å². The van der Waals surface area contributed by atoms with Gasteiger partial charge in [0.25, 0.3) is 22.2 Å². The SMILES string of the molecule is CC(C)c1c2c(=O)n(C)c(=O)c2c(C(C)C)c2c(=O)n(C)c(=O)c12. The molecule has 0 bridgehead atoms. The lowest BCUT2D eigenvalue weighted by Crippen LogP contribution is -2.22. The minimum absolute atomic E-state index is 0.166. The standard InChI is InChI=1S/C18H20N2O4/c1-7(2)9-11-13(17(23)19(5)15(11)21)10(8(3)4)14-12(9)16(22)20(6)18(14)24/h7-8H,1-6H3. The van der Waals surface area contributed by atoms with Gasteiger partial charge in [0.2, 0.25) is 0 Å². The van der Waals surface area contributed by atoms with E-state index >= 15 is 0 Å². The van der Waals surface area contributed by atoms with Crippen LogP contribution >= 0.6 is 0 Å². The van der Waals surface area contributed by atoms with Gasteiger partial charge < -0.3 is 0 Å². The van der Waals surface area contributed by atoms with E-state index in [2.05, 4.69) is 0 Å². The number of hydrogen-bond acceptors (Lipinski definition) is 4. The zero-order valence-corrected chi connectivity index (χ0v) is 14.7. The van der Waals surface area contributed by atoms with Gasteiger partial charge in [-0.2, -0.15) is 0 Å². The fourth-order valence-corrected chi connectivity index (χ4v) is 3.69. The average molecular weight is 328 g/mol. The second kappa shape index (κ2) is 5.00. The van der Waals surface area contributed by atoms with Crippen molar-refractivity contribution in [3.05, 3.63) is 52.5 Å². The molecular weight excluding hydrogens is 308 g/mol. The Morgan fingerprint density at radius 1 is 0.542 bits per heavy atom. The topological polar surface area (TPSA) is 78.1 Å². The van der Waals surface area contributed by atoms with Crippen molar-refractivity contribution < 1.29 is 0 Å². The molecule has 0 amide bonds. The van der Waals surface area contributed by atoms with Gasteiger partial charge in [-0.05, 0) is 23.0 Å². The molecule has 0 aliphatic carbocycles. The van der Waals surface area contributed by atoms with Gasteiger partial charge in [0, 0.05) is 14.1 Å². The number of rotatable bonds is 2. The summed E-state index contributed by atoms with van der Waals surface area (Å²) in [5.41, 5.74) is -0.600. The second-order valence-electron chi connectivity index (χ2n) is 6.98. The van der Waals surface area contributed by atoms with Crippen LogP contribution in [0, 0.1) is 0 Å². The minimum atomic E-state index is -0.404. The predicted molar refractivity (Wildman–Crippen MR) is 95.0 cm³/mol. The summed E-state index contributed by atoms with van der Waals surface area (Å²) in [7, 11) is 2.86. The molecule has 1 aromatic carbocycles. The van der Waals surface area contributed by atoms with Gasteiger partial charge in [0.15, 0.2) is 0 Å². The third-order valence-corrected chi connectivity index (χ3v) is 4.81. The molecule has 0 aliphatic rings.